The van der Waals surface area contributed by atoms with E-state index >= 15 is 0 Å². The number of ketones is 1. The smallest absolute Gasteiger partial charge is 0.253 e. The predicted molar refractivity (Wildman–Crippen MR) is 138 cm³/mol. The number of benzene rings is 3. The van der Waals surface area contributed by atoms with Crippen LogP contribution in [0, 0.1) is 6.92 Å². The van der Waals surface area contributed by atoms with E-state index in [9.17, 15) is 14.7 Å². The fourth-order valence-corrected chi connectivity index (χ4v) is 4.92. The van der Waals surface area contributed by atoms with Crippen LogP contribution in [0.2, 0.25) is 0 Å². The SMILES string of the molecule is CCc1c(-c2cccc(CC(=O)C3CN3)c2)ccc2c1c(C(N)=O)c(N)n2-c1cc(O)ccc1C. The van der Waals surface area contributed by atoms with Crippen LogP contribution >= 0.6 is 0 Å². The van der Waals surface area contributed by atoms with Crippen molar-refractivity contribution in [2.75, 3.05) is 12.3 Å². The number of nitrogens with two attached hydrogens (primary N) is 2. The summed E-state index contributed by atoms with van der Waals surface area (Å²) in [6, 6.07) is 16.9. The Morgan fingerprint density at radius 3 is 2.60 bits per heavy atom. The Balaban J connectivity index is 1.73. The molecule has 3 aromatic carbocycles. The highest BCUT2D eigenvalue weighted by Gasteiger charge is 2.28. The Bertz CT molecular complexity index is 1500. The number of Topliss-reactive ketones (excluding diaryl/α,β-unsaturated/α-hetero) is 1. The van der Waals surface area contributed by atoms with Crippen LogP contribution in [0.1, 0.15) is 34.0 Å². The molecule has 1 saturated heterocycles. The molecule has 2 heterocycles. The largest absolute Gasteiger partial charge is 0.508 e. The number of aryl methyl sites for hydroxylation is 2. The van der Waals surface area contributed by atoms with Gasteiger partial charge in [-0.25, -0.2) is 0 Å². The molecule has 1 aliphatic heterocycles. The summed E-state index contributed by atoms with van der Waals surface area (Å²) in [5.41, 5.74) is 18.8. The van der Waals surface area contributed by atoms with Gasteiger partial charge in [-0.05, 0) is 53.3 Å². The molecule has 178 valence electrons. The second kappa shape index (κ2) is 8.60. The minimum atomic E-state index is -0.604. The highest BCUT2D eigenvalue weighted by Crippen LogP contribution is 2.39. The molecule has 1 aliphatic rings. The van der Waals surface area contributed by atoms with Gasteiger partial charge in [0, 0.05) is 24.4 Å². The topological polar surface area (TPSA) is 133 Å². The van der Waals surface area contributed by atoms with Crippen LogP contribution in [0.4, 0.5) is 5.82 Å². The number of anilines is 1. The van der Waals surface area contributed by atoms with Gasteiger partial charge in [0.1, 0.15) is 11.6 Å². The molecule has 1 unspecified atom stereocenters. The van der Waals surface area contributed by atoms with E-state index in [-0.39, 0.29) is 29.0 Å². The van der Waals surface area contributed by atoms with Gasteiger partial charge in [0.25, 0.3) is 5.91 Å². The summed E-state index contributed by atoms with van der Waals surface area (Å²) in [6.07, 6.45) is 1.02. The van der Waals surface area contributed by atoms with Crippen LogP contribution in [-0.4, -0.2) is 34.0 Å². The molecule has 7 heteroatoms. The number of amides is 1. The molecule has 1 aromatic heterocycles. The Morgan fingerprint density at radius 2 is 1.91 bits per heavy atom. The van der Waals surface area contributed by atoms with Gasteiger partial charge in [0.15, 0.2) is 5.78 Å². The van der Waals surface area contributed by atoms with Gasteiger partial charge < -0.3 is 21.9 Å². The maximum Gasteiger partial charge on any atom is 0.253 e. The lowest BCUT2D eigenvalue weighted by Crippen LogP contribution is -2.14. The number of nitrogen functional groups attached to an aromatic ring is 1. The number of hydrogen-bond acceptors (Lipinski definition) is 5. The number of phenolic OH excluding ortho intramolecular Hbond substituents is 1. The number of carbonyl (C=O) groups excluding carboxylic acids is 2. The Hall–Kier alpha value is -4.10. The Labute approximate surface area is 203 Å². The van der Waals surface area contributed by atoms with E-state index in [0.717, 1.165) is 39.9 Å². The van der Waals surface area contributed by atoms with Crippen molar-refractivity contribution in [3.05, 3.63) is 76.9 Å². The van der Waals surface area contributed by atoms with Gasteiger partial charge in [-0.2, -0.15) is 0 Å². The molecule has 1 atom stereocenters. The number of aromatic hydroxyl groups is 1. The normalized spacial score (nSPS) is 14.9. The molecule has 1 amide bonds. The molecule has 0 aliphatic carbocycles. The van der Waals surface area contributed by atoms with E-state index in [1.165, 1.54) is 0 Å². The molecule has 0 spiro atoms. The number of nitrogens with zero attached hydrogens (tertiary/aromatic N) is 1. The molecule has 35 heavy (non-hydrogen) atoms. The lowest BCUT2D eigenvalue weighted by atomic mass is 9.91. The average Bonchev–Trinajstić information content (AvgIpc) is 3.63. The summed E-state index contributed by atoms with van der Waals surface area (Å²) in [5.74, 6) is -0.0697. The van der Waals surface area contributed by atoms with Gasteiger partial charge in [-0.15, -0.1) is 0 Å². The summed E-state index contributed by atoms with van der Waals surface area (Å²) in [7, 11) is 0. The summed E-state index contributed by atoms with van der Waals surface area (Å²) < 4.78 is 1.78. The Morgan fingerprint density at radius 1 is 1.14 bits per heavy atom. The van der Waals surface area contributed by atoms with E-state index in [2.05, 4.69) is 5.32 Å². The summed E-state index contributed by atoms with van der Waals surface area (Å²) in [6.45, 7) is 4.70. The highest BCUT2D eigenvalue weighted by atomic mass is 16.3. The van der Waals surface area contributed by atoms with Gasteiger partial charge in [-0.1, -0.05) is 43.3 Å². The minimum Gasteiger partial charge on any atom is -0.508 e. The summed E-state index contributed by atoms with van der Waals surface area (Å²) in [4.78, 5) is 24.9. The first-order valence-corrected chi connectivity index (χ1v) is 11.7. The zero-order valence-electron chi connectivity index (χ0n) is 19.8. The first-order valence-electron chi connectivity index (χ1n) is 11.7. The van der Waals surface area contributed by atoms with Crippen LogP contribution in [0.25, 0.3) is 27.7 Å². The third kappa shape index (κ3) is 3.94. The average molecular weight is 469 g/mol. The van der Waals surface area contributed by atoms with Crippen molar-refractivity contribution in [2.24, 2.45) is 5.73 Å². The fraction of sp³-hybridized carbons (Fsp3) is 0.214. The van der Waals surface area contributed by atoms with E-state index in [4.69, 9.17) is 11.5 Å². The predicted octanol–water partition coefficient (Wildman–Crippen LogP) is 3.64. The molecule has 0 saturated carbocycles. The van der Waals surface area contributed by atoms with Crippen molar-refractivity contribution in [1.29, 1.82) is 0 Å². The van der Waals surface area contributed by atoms with Crippen molar-refractivity contribution in [1.82, 2.24) is 9.88 Å². The van der Waals surface area contributed by atoms with Crippen LogP contribution < -0.4 is 16.8 Å². The zero-order valence-corrected chi connectivity index (χ0v) is 19.8. The molecule has 0 bridgehead atoms. The van der Waals surface area contributed by atoms with E-state index in [1.54, 1.807) is 22.8 Å². The van der Waals surface area contributed by atoms with Crippen molar-refractivity contribution in [3.63, 3.8) is 0 Å². The van der Waals surface area contributed by atoms with Crippen molar-refractivity contribution < 1.29 is 14.7 Å². The van der Waals surface area contributed by atoms with Gasteiger partial charge in [-0.3, -0.25) is 14.2 Å². The number of phenols is 1. The van der Waals surface area contributed by atoms with Crippen LogP contribution in [0.3, 0.4) is 0 Å². The third-order valence-electron chi connectivity index (χ3n) is 6.73. The van der Waals surface area contributed by atoms with E-state index < -0.39 is 5.91 Å². The standard InChI is InChI=1S/C28H28N4O3/c1-3-19-20(17-6-4-5-16(11-17)12-24(34)21-14-31-21)9-10-22-25(19)26(28(30)35)27(29)32(22)23-13-18(33)8-7-15(23)2/h4-11,13,21,31,33H,3,12,14,29H2,1-2H3,(H2,30,35). The molecule has 5 rings (SSSR count). The second-order valence-electron chi connectivity index (χ2n) is 9.07. The summed E-state index contributed by atoms with van der Waals surface area (Å²) >= 11 is 0. The van der Waals surface area contributed by atoms with Crippen LogP contribution in [-0.2, 0) is 17.6 Å². The van der Waals surface area contributed by atoms with Crippen molar-refractivity contribution in [3.8, 4) is 22.6 Å². The quantitative estimate of drug-likeness (QED) is 0.307. The maximum atomic E-state index is 12.6. The molecular formula is C28H28N4O3. The first kappa shape index (κ1) is 22.7. The number of hydrogen-bond donors (Lipinski definition) is 4. The van der Waals surface area contributed by atoms with E-state index in [0.29, 0.717) is 23.9 Å². The number of rotatable bonds is 7. The first-order chi connectivity index (χ1) is 16.8. The Kier molecular flexibility index (Phi) is 5.57. The molecular weight excluding hydrogens is 440 g/mol. The molecule has 6 N–H and O–H groups in total. The van der Waals surface area contributed by atoms with Crippen LogP contribution in [0.15, 0.2) is 54.6 Å². The lowest BCUT2D eigenvalue weighted by Gasteiger charge is -2.14. The monoisotopic (exact) mass is 468 g/mol. The summed E-state index contributed by atoms with van der Waals surface area (Å²) in [5, 5.41) is 13.9. The molecule has 7 nitrogen and oxygen atoms in total. The maximum absolute atomic E-state index is 12.6. The van der Waals surface area contributed by atoms with Gasteiger partial charge in [0.2, 0.25) is 0 Å². The molecule has 4 aromatic rings. The molecule has 1 fully saturated rings. The van der Waals surface area contributed by atoms with Crippen molar-refractivity contribution in [2.45, 2.75) is 32.7 Å². The number of aromatic nitrogens is 1. The second-order valence-corrected chi connectivity index (χ2v) is 9.07. The number of fused-ring (bicyclic) bond motifs is 1. The molecule has 0 radical (unpaired) electrons. The van der Waals surface area contributed by atoms with E-state index in [1.807, 2.05) is 50.2 Å². The lowest BCUT2D eigenvalue weighted by molar-refractivity contribution is -0.117. The number of primary amides is 1. The zero-order chi connectivity index (χ0) is 24.9. The van der Waals surface area contributed by atoms with Gasteiger partial charge in [0.05, 0.1) is 22.8 Å². The van der Waals surface area contributed by atoms with Crippen LogP contribution in [0.5, 0.6) is 5.75 Å². The fourth-order valence-electron chi connectivity index (χ4n) is 4.92. The minimum absolute atomic E-state index is 0.0250. The number of carbonyl (C=O) groups is 2. The van der Waals surface area contributed by atoms with Gasteiger partial charge >= 0.3 is 0 Å². The third-order valence-corrected chi connectivity index (χ3v) is 6.73. The highest BCUT2D eigenvalue weighted by molar-refractivity contribution is 6.14. The number of nitrogens with one attached hydrogen (secondary N) is 1. The van der Waals surface area contributed by atoms with Crippen molar-refractivity contribution >= 4 is 28.4 Å².